The minimum atomic E-state index is -2.21. The number of aliphatic hydroxyl groups is 6. The van der Waals surface area contributed by atoms with Crippen molar-refractivity contribution in [1.29, 1.82) is 0 Å². The number of nitrogens with two attached hydrogens (primary N) is 1. The molecule has 0 unspecified atom stereocenters. The molecule has 0 bridgehead atoms. The van der Waals surface area contributed by atoms with Gasteiger partial charge in [0, 0.05) is 6.54 Å². The lowest BCUT2D eigenvalue weighted by Crippen LogP contribution is -2.73. The van der Waals surface area contributed by atoms with Gasteiger partial charge in [-0.3, -0.25) is 0 Å². The molecule has 0 amide bonds. The van der Waals surface area contributed by atoms with Gasteiger partial charge in [0.05, 0.1) is 0 Å². The fourth-order valence-corrected chi connectivity index (χ4v) is 1.58. The highest BCUT2D eigenvalue weighted by atomic mass is 16.4. The van der Waals surface area contributed by atoms with Crippen LogP contribution in [0, 0.1) is 0 Å². The average Bonchev–Trinajstić information content (AvgIpc) is 2.21. The van der Waals surface area contributed by atoms with Crippen LogP contribution in [0.15, 0.2) is 0 Å². The van der Waals surface area contributed by atoms with E-state index in [1.807, 2.05) is 0 Å². The summed E-state index contributed by atoms with van der Waals surface area (Å²) >= 11 is 0. The Morgan fingerprint density at radius 2 is 1.21 bits per heavy atom. The summed E-state index contributed by atoms with van der Waals surface area (Å²) in [5.41, 5.74) is 2.90. The van der Waals surface area contributed by atoms with Gasteiger partial charge in [0.25, 0.3) is 0 Å². The summed E-state index contributed by atoms with van der Waals surface area (Å²) in [6.45, 7) is -0.545. The van der Waals surface area contributed by atoms with Crippen molar-refractivity contribution in [2.24, 2.45) is 5.73 Å². The van der Waals surface area contributed by atoms with E-state index in [0.29, 0.717) is 0 Å². The quantitative estimate of drug-likeness (QED) is 0.230. The molecule has 0 heterocycles. The second-order valence-corrected chi connectivity index (χ2v) is 3.56. The topological polar surface area (TPSA) is 147 Å². The van der Waals surface area contributed by atoms with Gasteiger partial charge in [-0.15, -0.1) is 0 Å². The maximum absolute atomic E-state index is 9.62. The van der Waals surface area contributed by atoms with Crippen LogP contribution in [0.2, 0.25) is 0 Å². The molecule has 0 radical (unpaired) electrons. The van der Waals surface area contributed by atoms with Crippen molar-refractivity contribution in [2.45, 2.75) is 36.1 Å². The summed E-state index contributed by atoms with van der Waals surface area (Å²) in [4.78, 5) is 0. The Morgan fingerprint density at radius 1 is 0.857 bits per heavy atom. The fourth-order valence-electron chi connectivity index (χ4n) is 1.58. The minimum Gasteiger partial charge on any atom is -0.387 e. The molecule has 7 nitrogen and oxygen atoms in total. The van der Waals surface area contributed by atoms with Crippen molar-refractivity contribution in [2.75, 3.05) is 6.54 Å². The standard InChI is InChI=1S/C7H15NO6/c8-1-7(14)5(12)3(10)2(9)4(11)6(7)13/h2-6,9-14H,1,8H2/t2?,3-,4-,5+,6+,7?/m1/s1. The molecular formula is C7H15NO6. The Hall–Kier alpha value is -0.280. The van der Waals surface area contributed by atoms with Gasteiger partial charge < -0.3 is 36.4 Å². The third-order valence-corrected chi connectivity index (χ3v) is 2.70. The lowest BCUT2D eigenvalue weighted by molar-refractivity contribution is -0.264. The van der Waals surface area contributed by atoms with Crippen molar-refractivity contribution in [1.82, 2.24) is 0 Å². The molecule has 0 saturated heterocycles. The van der Waals surface area contributed by atoms with Gasteiger partial charge in [-0.25, -0.2) is 0 Å². The normalized spacial score (nSPS) is 54.6. The first-order valence-corrected chi connectivity index (χ1v) is 4.19. The van der Waals surface area contributed by atoms with Crippen molar-refractivity contribution in [3.8, 4) is 0 Å². The summed E-state index contributed by atoms with van der Waals surface area (Å²) in [6, 6.07) is 0. The van der Waals surface area contributed by atoms with E-state index in [1.54, 1.807) is 0 Å². The molecule has 8 N–H and O–H groups in total. The van der Waals surface area contributed by atoms with Crippen LogP contribution < -0.4 is 5.73 Å². The lowest BCUT2D eigenvalue weighted by atomic mass is 9.75. The smallest absolute Gasteiger partial charge is 0.134 e. The van der Waals surface area contributed by atoms with Crippen LogP contribution in [-0.4, -0.2) is 73.3 Å². The SMILES string of the molecule is NCC1(O)[C@@H](O)[C@H](O)C(O)[C@@H](O)[C@@H]1O. The first-order valence-electron chi connectivity index (χ1n) is 4.19. The van der Waals surface area contributed by atoms with E-state index in [1.165, 1.54) is 0 Å². The zero-order chi connectivity index (χ0) is 11.1. The monoisotopic (exact) mass is 209 g/mol. The highest BCUT2D eigenvalue weighted by Gasteiger charge is 2.56. The summed E-state index contributed by atoms with van der Waals surface area (Å²) < 4.78 is 0. The maximum Gasteiger partial charge on any atom is 0.134 e. The molecular weight excluding hydrogens is 194 g/mol. The molecule has 0 aliphatic heterocycles. The molecule has 4 atom stereocenters. The van der Waals surface area contributed by atoms with E-state index in [-0.39, 0.29) is 0 Å². The zero-order valence-corrected chi connectivity index (χ0v) is 7.35. The van der Waals surface area contributed by atoms with Gasteiger partial charge in [0.2, 0.25) is 0 Å². The lowest BCUT2D eigenvalue weighted by Gasteiger charge is -2.47. The van der Waals surface area contributed by atoms with Gasteiger partial charge in [0.15, 0.2) is 0 Å². The van der Waals surface area contributed by atoms with E-state index in [9.17, 15) is 25.5 Å². The van der Waals surface area contributed by atoms with Crippen LogP contribution in [-0.2, 0) is 0 Å². The second kappa shape index (κ2) is 3.70. The largest absolute Gasteiger partial charge is 0.387 e. The average molecular weight is 209 g/mol. The summed E-state index contributed by atoms with van der Waals surface area (Å²) in [7, 11) is 0. The maximum atomic E-state index is 9.62. The molecule has 0 spiro atoms. The fraction of sp³-hybridized carbons (Fsp3) is 1.00. The van der Waals surface area contributed by atoms with Crippen molar-refractivity contribution in [3.05, 3.63) is 0 Å². The van der Waals surface area contributed by atoms with E-state index in [0.717, 1.165) is 0 Å². The molecule has 0 aromatic heterocycles. The van der Waals surface area contributed by atoms with Gasteiger partial charge in [-0.2, -0.15) is 0 Å². The van der Waals surface area contributed by atoms with E-state index >= 15 is 0 Å². The Bertz CT molecular complexity index is 196. The van der Waals surface area contributed by atoms with Crippen LogP contribution >= 0.6 is 0 Å². The van der Waals surface area contributed by atoms with Gasteiger partial charge in [0.1, 0.15) is 36.1 Å². The third kappa shape index (κ3) is 1.43. The minimum absolute atomic E-state index is 0.545. The summed E-state index contributed by atoms with van der Waals surface area (Å²) in [6.07, 6.45) is -8.82. The van der Waals surface area contributed by atoms with Crippen LogP contribution in [0.1, 0.15) is 0 Å². The van der Waals surface area contributed by atoms with Crippen molar-refractivity contribution in [3.63, 3.8) is 0 Å². The van der Waals surface area contributed by atoms with E-state index < -0.39 is 42.7 Å². The molecule has 1 rings (SSSR count). The number of aliphatic hydroxyl groups excluding tert-OH is 5. The zero-order valence-electron chi connectivity index (χ0n) is 7.35. The molecule has 1 aliphatic rings. The Labute approximate surface area is 80.0 Å². The molecule has 1 aliphatic carbocycles. The third-order valence-electron chi connectivity index (χ3n) is 2.70. The first-order chi connectivity index (χ1) is 6.36. The highest BCUT2D eigenvalue weighted by Crippen LogP contribution is 2.29. The molecule has 14 heavy (non-hydrogen) atoms. The number of hydrogen-bond acceptors (Lipinski definition) is 7. The molecule has 0 aromatic rings. The first kappa shape index (κ1) is 11.8. The van der Waals surface area contributed by atoms with Crippen LogP contribution in [0.25, 0.3) is 0 Å². The second-order valence-electron chi connectivity index (χ2n) is 3.56. The van der Waals surface area contributed by atoms with Crippen LogP contribution in [0.4, 0.5) is 0 Å². The number of hydrogen-bond donors (Lipinski definition) is 7. The summed E-state index contributed by atoms with van der Waals surface area (Å²) in [5.74, 6) is 0. The molecule has 0 aromatic carbocycles. The predicted molar refractivity (Wildman–Crippen MR) is 44.0 cm³/mol. The van der Waals surface area contributed by atoms with E-state index in [4.69, 9.17) is 10.8 Å². The van der Waals surface area contributed by atoms with Gasteiger partial charge >= 0.3 is 0 Å². The predicted octanol–water partition coefficient (Wildman–Crippen LogP) is -4.51. The van der Waals surface area contributed by atoms with Crippen LogP contribution in [0.3, 0.4) is 0 Å². The van der Waals surface area contributed by atoms with Gasteiger partial charge in [-0.05, 0) is 0 Å². The molecule has 1 saturated carbocycles. The molecule has 1 fully saturated rings. The van der Waals surface area contributed by atoms with E-state index in [2.05, 4.69) is 0 Å². The highest BCUT2D eigenvalue weighted by molar-refractivity contribution is 5.08. The Morgan fingerprint density at radius 3 is 1.50 bits per heavy atom. The Balaban J connectivity index is 2.98. The summed E-state index contributed by atoms with van der Waals surface area (Å²) in [5, 5.41) is 55.9. The Kier molecular flexibility index (Phi) is 3.12. The van der Waals surface area contributed by atoms with Crippen molar-refractivity contribution >= 4 is 0 Å². The molecule has 7 heteroatoms. The van der Waals surface area contributed by atoms with Crippen LogP contribution in [0.5, 0.6) is 0 Å². The molecule has 84 valence electrons. The van der Waals surface area contributed by atoms with Gasteiger partial charge in [-0.1, -0.05) is 0 Å². The number of rotatable bonds is 1. The van der Waals surface area contributed by atoms with Crippen molar-refractivity contribution < 1.29 is 30.6 Å².